The van der Waals surface area contributed by atoms with Gasteiger partial charge in [-0.25, -0.2) is 4.79 Å². The molecular weight excluding hydrogens is 374 g/mol. The fraction of sp³-hybridized carbons (Fsp3) is 0.130. The number of carbonyl (C=O) groups is 2. The highest BCUT2D eigenvalue weighted by Crippen LogP contribution is 2.43. The van der Waals surface area contributed by atoms with Gasteiger partial charge in [0.05, 0.1) is 0 Å². The van der Waals surface area contributed by atoms with Crippen molar-refractivity contribution in [3.05, 3.63) is 108 Å². The van der Waals surface area contributed by atoms with Crippen molar-refractivity contribution in [2.45, 2.75) is 17.6 Å². The van der Waals surface area contributed by atoms with Crippen molar-refractivity contribution in [3.8, 4) is 0 Å². The highest BCUT2D eigenvalue weighted by Gasteiger charge is 2.47. The van der Waals surface area contributed by atoms with Crippen LogP contribution < -0.4 is 0 Å². The Bertz CT molecular complexity index is 963. The Hall–Kier alpha value is -3.11. The second-order valence-electron chi connectivity index (χ2n) is 6.54. The summed E-state index contributed by atoms with van der Waals surface area (Å²) in [6.07, 6.45) is -0.654. The van der Waals surface area contributed by atoms with Crippen molar-refractivity contribution in [1.82, 2.24) is 4.90 Å². The van der Waals surface area contributed by atoms with Crippen molar-refractivity contribution < 1.29 is 14.3 Å². The van der Waals surface area contributed by atoms with E-state index in [1.165, 1.54) is 4.90 Å². The van der Waals surface area contributed by atoms with Crippen LogP contribution in [0.1, 0.15) is 33.6 Å². The van der Waals surface area contributed by atoms with Crippen LogP contribution in [0, 0.1) is 0 Å². The van der Waals surface area contributed by atoms with Gasteiger partial charge in [0, 0.05) is 5.56 Å². The molecule has 3 aromatic rings. The first-order valence-electron chi connectivity index (χ1n) is 8.99. The second kappa shape index (κ2) is 7.87. The van der Waals surface area contributed by atoms with Gasteiger partial charge in [0.15, 0.2) is 6.10 Å². The number of hydrogen-bond acceptors (Lipinski definition) is 3. The Morgan fingerprint density at radius 1 is 0.786 bits per heavy atom. The molecule has 1 heterocycles. The number of rotatable bonds is 3. The molecule has 4 nitrogen and oxygen atoms in total. The average Bonchev–Trinajstić information content (AvgIpc) is 2.76. The number of alkyl halides is 1. The van der Waals surface area contributed by atoms with E-state index in [0.29, 0.717) is 5.56 Å². The molecule has 0 bridgehead atoms. The van der Waals surface area contributed by atoms with Gasteiger partial charge in [0.1, 0.15) is 6.04 Å². The quantitative estimate of drug-likeness (QED) is 0.368. The van der Waals surface area contributed by atoms with Gasteiger partial charge in [-0.2, -0.15) is 0 Å². The fourth-order valence-electron chi connectivity index (χ4n) is 3.48. The number of esters is 1. The molecule has 3 atom stereocenters. The van der Waals surface area contributed by atoms with E-state index in [0.717, 1.165) is 11.1 Å². The van der Waals surface area contributed by atoms with Crippen LogP contribution in [0.25, 0.3) is 0 Å². The van der Waals surface area contributed by atoms with Gasteiger partial charge >= 0.3 is 5.97 Å². The molecule has 0 saturated carbocycles. The largest absolute Gasteiger partial charge is 0.452 e. The number of morpholine rings is 1. The summed E-state index contributed by atoms with van der Waals surface area (Å²) in [6.45, 7) is 0. The van der Waals surface area contributed by atoms with E-state index in [9.17, 15) is 9.59 Å². The number of ether oxygens (including phenoxy) is 1. The van der Waals surface area contributed by atoms with Crippen molar-refractivity contribution >= 4 is 23.5 Å². The van der Waals surface area contributed by atoms with Crippen LogP contribution in [0.4, 0.5) is 0 Å². The van der Waals surface area contributed by atoms with Gasteiger partial charge in [-0.3, -0.25) is 4.79 Å². The van der Waals surface area contributed by atoms with Crippen LogP contribution in [0.2, 0.25) is 0 Å². The number of nitrogens with zero attached hydrogens (tertiary/aromatic N) is 1. The number of cyclic esters (lactones) is 1. The molecule has 1 aliphatic heterocycles. The molecule has 0 radical (unpaired) electrons. The van der Waals surface area contributed by atoms with Crippen LogP contribution in [0.15, 0.2) is 91.0 Å². The lowest BCUT2D eigenvalue weighted by Crippen LogP contribution is -2.51. The summed E-state index contributed by atoms with van der Waals surface area (Å²) in [7, 11) is 0. The van der Waals surface area contributed by atoms with E-state index in [4.69, 9.17) is 16.3 Å². The standard InChI is InChI=1S/C23H18ClNO3/c24-21-23(27)28-20(17-12-6-2-7-13-17)19(16-10-4-1-5-11-16)25(21)22(26)18-14-8-3-9-15-18/h1-15,19-21H/t19-,20+,21+/m0/s1. The lowest BCUT2D eigenvalue weighted by molar-refractivity contribution is -0.166. The Morgan fingerprint density at radius 3 is 1.86 bits per heavy atom. The second-order valence-corrected chi connectivity index (χ2v) is 6.95. The van der Waals surface area contributed by atoms with Crippen molar-refractivity contribution in [2.75, 3.05) is 0 Å². The Kier molecular flexibility index (Phi) is 5.13. The normalized spacial score (nSPS) is 21.8. The molecular formula is C23H18ClNO3. The lowest BCUT2D eigenvalue weighted by Gasteiger charge is -2.43. The van der Waals surface area contributed by atoms with E-state index in [1.807, 2.05) is 66.7 Å². The molecule has 1 fully saturated rings. The molecule has 140 valence electrons. The molecule has 28 heavy (non-hydrogen) atoms. The minimum Gasteiger partial charge on any atom is -0.452 e. The number of hydrogen-bond donors (Lipinski definition) is 0. The minimum atomic E-state index is -1.21. The highest BCUT2D eigenvalue weighted by atomic mass is 35.5. The first-order chi connectivity index (χ1) is 13.7. The zero-order valence-electron chi connectivity index (χ0n) is 14.9. The summed E-state index contributed by atoms with van der Waals surface area (Å²) >= 11 is 6.41. The summed E-state index contributed by atoms with van der Waals surface area (Å²) in [5.41, 5.74) is 0.909. The molecule has 1 amide bonds. The third kappa shape index (κ3) is 3.39. The van der Waals surface area contributed by atoms with Crippen LogP contribution >= 0.6 is 11.6 Å². The molecule has 1 aliphatic rings. The molecule has 0 unspecified atom stereocenters. The van der Waals surface area contributed by atoms with E-state index < -0.39 is 23.6 Å². The third-order valence-corrected chi connectivity index (χ3v) is 5.18. The molecule has 0 aliphatic carbocycles. The molecule has 3 aromatic carbocycles. The zero-order chi connectivity index (χ0) is 19.5. The molecule has 0 aromatic heterocycles. The van der Waals surface area contributed by atoms with Gasteiger partial charge in [0.2, 0.25) is 5.50 Å². The monoisotopic (exact) mass is 391 g/mol. The molecule has 0 N–H and O–H groups in total. The molecule has 4 rings (SSSR count). The lowest BCUT2D eigenvalue weighted by atomic mass is 9.92. The summed E-state index contributed by atoms with van der Waals surface area (Å²) in [5, 5.41) is 0. The van der Waals surface area contributed by atoms with E-state index >= 15 is 0 Å². The van der Waals surface area contributed by atoms with Crippen molar-refractivity contribution in [2.24, 2.45) is 0 Å². The molecule has 0 spiro atoms. The maximum absolute atomic E-state index is 13.4. The first-order valence-corrected chi connectivity index (χ1v) is 9.42. The number of halogens is 1. The fourth-order valence-corrected chi connectivity index (χ4v) is 3.75. The number of amides is 1. The van der Waals surface area contributed by atoms with Gasteiger partial charge < -0.3 is 9.64 Å². The van der Waals surface area contributed by atoms with E-state index in [1.54, 1.807) is 24.3 Å². The summed E-state index contributed by atoms with van der Waals surface area (Å²) in [4.78, 5) is 27.3. The maximum atomic E-state index is 13.4. The molecule has 5 heteroatoms. The maximum Gasteiger partial charge on any atom is 0.345 e. The van der Waals surface area contributed by atoms with E-state index in [2.05, 4.69) is 0 Å². The summed E-state index contributed by atoms with van der Waals surface area (Å²) in [6, 6.07) is 27.2. The SMILES string of the molecule is O=C1O[C@H](c2ccccc2)[C@H](c2ccccc2)N(C(=O)c2ccccc2)[C@H]1Cl. The summed E-state index contributed by atoms with van der Waals surface area (Å²) in [5.74, 6) is -0.945. The average molecular weight is 392 g/mol. The van der Waals surface area contributed by atoms with Crippen LogP contribution in [-0.2, 0) is 9.53 Å². The van der Waals surface area contributed by atoms with Gasteiger partial charge in [-0.15, -0.1) is 0 Å². The summed E-state index contributed by atoms with van der Waals surface area (Å²) < 4.78 is 5.70. The van der Waals surface area contributed by atoms with Crippen molar-refractivity contribution in [1.29, 1.82) is 0 Å². The van der Waals surface area contributed by atoms with Crippen LogP contribution in [-0.4, -0.2) is 22.3 Å². The van der Waals surface area contributed by atoms with Gasteiger partial charge in [-0.1, -0.05) is 90.5 Å². The van der Waals surface area contributed by atoms with Gasteiger partial charge in [0.25, 0.3) is 5.91 Å². The number of carbonyl (C=O) groups excluding carboxylic acids is 2. The van der Waals surface area contributed by atoms with Crippen molar-refractivity contribution in [3.63, 3.8) is 0 Å². The predicted octanol–water partition coefficient (Wildman–Crippen LogP) is 4.73. The molecule has 1 saturated heterocycles. The topological polar surface area (TPSA) is 46.6 Å². The van der Waals surface area contributed by atoms with Crippen LogP contribution in [0.5, 0.6) is 0 Å². The van der Waals surface area contributed by atoms with Gasteiger partial charge in [-0.05, 0) is 23.3 Å². The van der Waals surface area contributed by atoms with Crippen LogP contribution in [0.3, 0.4) is 0 Å². The number of benzene rings is 3. The predicted molar refractivity (Wildman–Crippen MR) is 107 cm³/mol. The third-order valence-electron chi connectivity index (χ3n) is 4.79. The Morgan fingerprint density at radius 2 is 1.29 bits per heavy atom. The Balaban J connectivity index is 1.84. The van der Waals surface area contributed by atoms with E-state index in [-0.39, 0.29) is 5.91 Å². The Labute approximate surface area is 168 Å². The minimum absolute atomic E-state index is 0.313. The first kappa shape index (κ1) is 18.3. The highest BCUT2D eigenvalue weighted by molar-refractivity contribution is 6.31. The smallest absolute Gasteiger partial charge is 0.345 e. The zero-order valence-corrected chi connectivity index (χ0v) is 15.7.